The highest BCUT2D eigenvalue weighted by Crippen LogP contribution is 2.21. The van der Waals surface area contributed by atoms with E-state index in [-0.39, 0.29) is 0 Å². The molecule has 2 aromatic rings. The molecule has 2 rings (SSSR count). The van der Waals surface area contributed by atoms with Crippen molar-refractivity contribution >= 4 is 5.69 Å². The van der Waals surface area contributed by atoms with Gasteiger partial charge in [-0.1, -0.05) is 0 Å². The minimum Gasteiger partial charge on any atom is -0.397 e. The first kappa shape index (κ1) is 10.2. The summed E-state index contributed by atoms with van der Waals surface area (Å²) in [5, 5.41) is 8.96. The molecule has 0 atom stereocenters. The molecule has 1 heterocycles. The van der Waals surface area contributed by atoms with Crippen LogP contribution in [0.25, 0.3) is 5.69 Å². The van der Waals surface area contributed by atoms with E-state index in [4.69, 9.17) is 11.0 Å². The number of hydrogen-bond donors (Lipinski definition) is 1. The van der Waals surface area contributed by atoms with Crippen LogP contribution < -0.4 is 5.73 Å². The Kier molecular flexibility index (Phi) is 2.37. The monoisotopic (exact) mass is 212 g/mol. The minimum atomic E-state index is 0.501. The van der Waals surface area contributed by atoms with Crippen LogP contribution in [-0.4, -0.2) is 9.55 Å². The van der Waals surface area contributed by atoms with Gasteiger partial charge in [-0.3, -0.25) is 0 Å². The molecule has 1 aromatic heterocycles. The number of aromatic nitrogens is 2. The lowest BCUT2D eigenvalue weighted by molar-refractivity contribution is 1.05. The largest absolute Gasteiger partial charge is 0.397 e. The van der Waals surface area contributed by atoms with E-state index in [1.165, 1.54) is 0 Å². The Hall–Kier alpha value is -2.28. The van der Waals surface area contributed by atoms with E-state index >= 15 is 0 Å². The van der Waals surface area contributed by atoms with E-state index in [9.17, 15) is 0 Å². The third-order valence-electron chi connectivity index (χ3n) is 2.50. The smallest absolute Gasteiger partial charge is 0.101 e. The summed E-state index contributed by atoms with van der Waals surface area (Å²) in [5.74, 6) is 0. The summed E-state index contributed by atoms with van der Waals surface area (Å²) >= 11 is 0. The zero-order chi connectivity index (χ0) is 11.7. The van der Waals surface area contributed by atoms with Gasteiger partial charge in [-0.2, -0.15) is 5.26 Å². The number of benzene rings is 1. The highest BCUT2D eigenvalue weighted by atomic mass is 15.0. The Morgan fingerprint density at radius 3 is 2.69 bits per heavy atom. The first-order valence-corrected chi connectivity index (χ1v) is 4.93. The van der Waals surface area contributed by atoms with Crippen LogP contribution >= 0.6 is 0 Å². The number of nitrogen functional groups attached to an aromatic ring is 1. The summed E-state index contributed by atoms with van der Waals surface area (Å²) in [6.45, 7) is 3.81. The molecule has 0 unspecified atom stereocenters. The zero-order valence-corrected chi connectivity index (χ0v) is 9.23. The maximum Gasteiger partial charge on any atom is 0.101 e. The Labute approximate surface area is 94.0 Å². The maximum absolute atomic E-state index is 8.96. The average Bonchev–Trinajstić information content (AvgIpc) is 2.69. The van der Waals surface area contributed by atoms with Crippen LogP contribution in [0, 0.1) is 25.2 Å². The molecular weight excluding hydrogens is 200 g/mol. The van der Waals surface area contributed by atoms with E-state index in [0.29, 0.717) is 11.3 Å². The summed E-state index contributed by atoms with van der Waals surface area (Å²) in [6, 6.07) is 5.80. The van der Waals surface area contributed by atoms with Gasteiger partial charge in [-0.15, -0.1) is 0 Å². The Bertz CT molecular complexity index is 575. The van der Waals surface area contributed by atoms with Gasteiger partial charge in [0.2, 0.25) is 0 Å². The lowest BCUT2D eigenvalue weighted by Gasteiger charge is -2.07. The maximum atomic E-state index is 8.96. The second-order valence-electron chi connectivity index (χ2n) is 3.76. The van der Waals surface area contributed by atoms with Crippen molar-refractivity contribution in [2.45, 2.75) is 13.8 Å². The Morgan fingerprint density at radius 1 is 1.38 bits per heavy atom. The number of nitriles is 1. The third-order valence-corrected chi connectivity index (χ3v) is 2.50. The molecular formula is C12H12N4. The Morgan fingerprint density at radius 2 is 2.12 bits per heavy atom. The predicted molar refractivity (Wildman–Crippen MR) is 62.2 cm³/mol. The van der Waals surface area contributed by atoms with Crippen LogP contribution in [0.1, 0.15) is 16.8 Å². The molecule has 0 saturated carbocycles. The molecule has 0 aliphatic heterocycles. The van der Waals surface area contributed by atoms with Gasteiger partial charge >= 0.3 is 0 Å². The molecule has 2 N–H and O–H groups in total. The molecule has 0 radical (unpaired) electrons. The molecule has 0 amide bonds. The second-order valence-corrected chi connectivity index (χ2v) is 3.76. The van der Waals surface area contributed by atoms with Crippen molar-refractivity contribution in [1.29, 1.82) is 5.26 Å². The third kappa shape index (κ3) is 1.63. The van der Waals surface area contributed by atoms with Crippen molar-refractivity contribution in [3.8, 4) is 11.8 Å². The number of hydrogen-bond acceptors (Lipinski definition) is 3. The quantitative estimate of drug-likeness (QED) is 0.734. The second kappa shape index (κ2) is 3.70. The lowest BCUT2D eigenvalue weighted by atomic mass is 10.1. The molecule has 0 bridgehead atoms. The van der Waals surface area contributed by atoms with Crippen LogP contribution in [0.3, 0.4) is 0 Å². The van der Waals surface area contributed by atoms with Crippen LogP contribution in [0.2, 0.25) is 0 Å². The predicted octanol–water partition coefficient (Wildman–Crippen LogP) is 1.94. The van der Waals surface area contributed by atoms with Gasteiger partial charge in [0.15, 0.2) is 0 Å². The number of nitrogens with two attached hydrogens (primary N) is 1. The molecule has 80 valence electrons. The molecule has 0 fully saturated rings. The van der Waals surface area contributed by atoms with E-state index in [1.54, 1.807) is 12.4 Å². The minimum absolute atomic E-state index is 0.501. The molecule has 0 spiro atoms. The number of anilines is 1. The van der Waals surface area contributed by atoms with Crippen LogP contribution in [0.4, 0.5) is 5.69 Å². The molecule has 1 aromatic carbocycles. The van der Waals surface area contributed by atoms with Gasteiger partial charge in [0.1, 0.15) is 6.07 Å². The van der Waals surface area contributed by atoms with E-state index < -0.39 is 0 Å². The molecule has 4 nitrogen and oxygen atoms in total. The van der Waals surface area contributed by atoms with Gasteiger partial charge in [0.05, 0.1) is 23.3 Å². The lowest BCUT2D eigenvalue weighted by Crippen LogP contribution is -1.98. The molecule has 16 heavy (non-hydrogen) atoms. The van der Waals surface area contributed by atoms with E-state index in [0.717, 1.165) is 16.9 Å². The molecule has 0 aliphatic carbocycles. The SMILES string of the molecule is Cc1cn(-c2cc(C)c(N)c(C#N)c2)cn1. The van der Waals surface area contributed by atoms with Crippen molar-refractivity contribution in [2.75, 3.05) is 5.73 Å². The molecule has 0 saturated heterocycles. The van der Waals surface area contributed by atoms with Crippen LogP contribution in [-0.2, 0) is 0 Å². The fraction of sp³-hybridized carbons (Fsp3) is 0.167. The molecule has 4 heteroatoms. The number of aryl methyl sites for hydroxylation is 2. The van der Waals surface area contributed by atoms with Crippen molar-refractivity contribution in [3.63, 3.8) is 0 Å². The Balaban J connectivity index is 2.60. The van der Waals surface area contributed by atoms with Crippen molar-refractivity contribution in [1.82, 2.24) is 9.55 Å². The van der Waals surface area contributed by atoms with Gasteiger partial charge in [0.25, 0.3) is 0 Å². The van der Waals surface area contributed by atoms with Crippen LogP contribution in [0.15, 0.2) is 24.7 Å². The number of nitrogens with zero attached hydrogens (tertiary/aromatic N) is 3. The van der Waals surface area contributed by atoms with Crippen molar-refractivity contribution in [3.05, 3.63) is 41.5 Å². The fourth-order valence-electron chi connectivity index (χ4n) is 1.58. The summed E-state index contributed by atoms with van der Waals surface area (Å²) in [7, 11) is 0. The first-order chi connectivity index (χ1) is 7.61. The normalized spacial score (nSPS) is 10.1. The fourth-order valence-corrected chi connectivity index (χ4v) is 1.58. The van der Waals surface area contributed by atoms with Gasteiger partial charge in [-0.05, 0) is 31.5 Å². The summed E-state index contributed by atoms with van der Waals surface area (Å²) in [4.78, 5) is 4.15. The first-order valence-electron chi connectivity index (χ1n) is 4.93. The van der Waals surface area contributed by atoms with Crippen LogP contribution in [0.5, 0.6) is 0 Å². The zero-order valence-electron chi connectivity index (χ0n) is 9.23. The summed E-state index contributed by atoms with van der Waals surface area (Å²) in [5.41, 5.74) is 9.59. The van der Waals surface area contributed by atoms with E-state index in [1.807, 2.05) is 30.7 Å². The van der Waals surface area contributed by atoms with Gasteiger partial charge < -0.3 is 10.3 Å². The summed E-state index contributed by atoms with van der Waals surface area (Å²) < 4.78 is 1.88. The highest BCUT2D eigenvalue weighted by Gasteiger charge is 2.06. The van der Waals surface area contributed by atoms with E-state index in [2.05, 4.69) is 11.1 Å². The van der Waals surface area contributed by atoms with Gasteiger partial charge in [-0.25, -0.2) is 4.98 Å². The van der Waals surface area contributed by atoms with Gasteiger partial charge in [0, 0.05) is 11.9 Å². The average molecular weight is 212 g/mol. The standard InChI is InChI=1S/C12H12N4/c1-8-3-11(4-10(5-13)12(8)14)16-6-9(2)15-7-16/h3-4,6-7H,14H2,1-2H3. The topological polar surface area (TPSA) is 67.6 Å². The number of rotatable bonds is 1. The van der Waals surface area contributed by atoms with Crippen molar-refractivity contribution < 1.29 is 0 Å². The number of imidazole rings is 1. The van der Waals surface area contributed by atoms with Crippen molar-refractivity contribution in [2.24, 2.45) is 0 Å². The summed E-state index contributed by atoms with van der Waals surface area (Å²) in [6.07, 6.45) is 3.63. The molecule has 0 aliphatic rings. The highest BCUT2D eigenvalue weighted by molar-refractivity contribution is 5.63.